The topological polar surface area (TPSA) is 45.3 Å². The van der Waals surface area contributed by atoms with E-state index in [0.29, 0.717) is 12.6 Å². The highest BCUT2D eigenvalue weighted by molar-refractivity contribution is 5.68. The number of benzene rings is 1. The smallest absolute Gasteiger partial charge is 0.250 e. The summed E-state index contributed by atoms with van der Waals surface area (Å²) in [5.74, 6) is 0.965. The van der Waals surface area contributed by atoms with Gasteiger partial charge in [0.15, 0.2) is 0 Å². The third-order valence-electron chi connectivity index (χ3n) is 5.66. The van der Waals surface area contributed by atoms with E-state index in [-0.39, 0.29) is 5.56 Å². The Labute approximate surface area is 160 Å². The Morgan fingerprint density at radius 3 is 2.81 bits per heavy atom. The minimum absolute atomic E-state index is 0.0161. The Morgan fingerprint density at radius 2 is 2.00 bits per heavy atom. The fourth-order valence-electron chi connectivity index (χ4n) is 4.25. The zero-order valence-corrected chi connectivity index (χ0v) is 15.8. The van der Waals surface area contributed by atoms with Gasteiger partial charge in [0.2, 0.25) is 5.56 Å². The molecule has 0 aliphatic carbocycles. The summed E-state index contributed by atoms with van der Waals surface area (Å²) in [5, 5.41) is 0. The Hall–Kier alpha value is -2.33. The number of nitrogens with one attached hydrogen (secondary N) is 1. The molecule has 2 aromatic rings. The number of rotatable bonds is 4. The van der Waals surface area contributed by atoms with Crippen LogP contribution >= 0.6 is 0 Å². The molecular formula is C23H28N2O2. The summed E-state index contributed by atoms with van der Waals surface area (Å²) < 4.78 is 5.43. The Morgan fingerprint density at radius 1 is 1.11 bits per heavy atom. The van der Waals surface area contributed by atoms with E-state index in [4.69, 9.17) is 4.74 Å². The van der Waals surface area contributed by atoms with Gasteiger partial charge >= 0.3 is 0 Å². The number of anilines is 1. The zero-order valence-electron chi connectivity index (χ0n) is 15.8. The molecule has 1 aromatic carbocycles. The average Bonchev–Trinajstić information content (AvgIpc) is 2.94. The molecule has 142 valence electrons. The van der Waals surface area contributed by atoms with E-state index in [2.05, 4.69) is 52.4 Å². The van der Waals surface area contributed by atoms with Gasteiger partial charge in [0, 0.05) is 18.7 Å². The molecule has 1 atom stereocenters. The standard InChI is InChI=1S/C23H28N2O2/c26-23-17-20(19-10-13-27-14-11-19)16-22(24-23)25-12-6-2-5-9-21(25)15-18-7-3-1-4-8-18/h1,3-4,7-8,10,16-17,21H,2,5-6,9,11-15H2,(H,24,26)/t21-/m0/s1. The van der Waals surface area contributed by atoms with Gasteiger partial charge in [-0.2, -0.15) is 0 Å². The second-order valence-electron chi connectivity index (χ2n) is 7.56. The highest BCUT2D eigenvalue weighted by Gasteiger charge is 2.23. The molecule has 0 saturated carbocycles. The van der Waals surface area contributed by atoms with Crippen molar-refractivity contribution in [1.82, 2.24) is 4.98 Å². The van der Waals surface area contributed by atoms with Crippen LogP contribution in [0.1, 0.15) is 43.2 Å². The van der Waals surface area contributed by atoms with E-state index >= 15 is 0 Å². The summed E-state index contributed by atoms with van der Waals surface area (Å²) in [7, 11) is 0. The van der Waals surface area contributed by atoms with Gasteiger partial charge < -0.3 is 14.6 Å². The SMILES string of the molecule is O=c1cc(C2=CCOCC2)cc(N2CCCCC[C@H]2Cc2ccccc2)[nH]1. The van der Waals surface area contributed by atoms with E-state index in [1.165, 1.54) is 30.4 Å². The molecule has 4 rings (SSSR count). The lowest BCUT2D eigenvalue weighted by Gasteiger charge is -2.32. The quantitative estimate of drug-likeness (QED) is 0.886. The number of hydrogen-bond acceptors (Lipinski definition) is 3. The first-order chi connectivity index (χ1) is 13.3. The molecule has 1 fully saturated rings. The van der Waals surface area contributed by atoms with Crippen LogP contribution in [0.3, 0.4) is 0 Å². The number of nitrogens with zero attached hydrogens (tertiary/aromatic N) is 1. The maximum Gasteiger partial charge on any atom is 0.250 e. The summed E-state index contributed by atoms with van der Waals surface area (Å²) in [5.41, 5.74) is 3.61. The summed E-state index contributed by atoms with van der Waals surface area (Å²) in [6.45, 7) is 2.37. The van der Waals surface area contributed by atoms with Crippen LogP contribution in [0, 0.1) is 0 Å². The van der Waals surface area contributed by atoms with Crippen LogP contribution in [-0.4, -0.2) is 30.8 Å². The van der Waals surface area contributed by atoms with Crippen LogP contribution in [-0.2, 0) is 11.2 Å². The van der Waals surface area contributed by atoms with Crippen molar-refractivity contribution in [1.29, 1.82) is 0 Å². The van der Waals surface area contributed by atoms with Crippen molar-refractivity contribution in [2.75, 3.05) is 24.7 Å². The van der Waals surface area contributed by atoms with E-state index < -0.39 is 0 Å². The van der Waals surface area contributed by atoms with Crippen molar-refractivity contribution in [2.24, 2.45) is 0 Å². The van der Waals surface area contributed by atoms with Crippen molar-refractivity contribution in [2.45, 2.75) is 44.6 Å². The minimum atomic E-state index is -0.0161. The first kappa shape index (κ1) is 18.1. The minimum Gasteiger partial charge on any atom is -0.377 e. The molecule has 4 heteroatoms. The molecule has 0 unspecified atom stereocenters. The van der Waals surface area contributed by atoms with E-state index in [9.17, 15) is 4.79 Å². The fraction of sp³-hybridized carbons (Fsp3) is 0.435. The van der Waals surface area contributed by atoms with Crippen LogP contribution in [0.2, 0.25) is 0 Å². The number of H-pyrrole nitrogens is 1. The largest absolute Gasteiger partial charge is 0.377 e. The molecule has 0 amide bonds. The second-order valence-corrected chi connectivity index (χ2v) is 7.56. The van der Waals surface area contributed by atoms with Crippen LogP contribution in [0.5, 0.6) is 0 Å². The van der Waals surface area contributed by atoms with Crippen molar-refractivity contribution in [3.63, 3.8) is 0 Å². The Balaban J connectivity index is 1.65. The lowest BCUT2D eigenvalue weighted by Crippen LogP contribution is -2.38. The lowest BCUT2D eigenvalue weighted by molar-refractivity contribution is 0.161. The van der Waals surface area contributed by atoms with Crippen molar-refractivity contribution >= 4 is 11.4 Å². The monoisotopic (exact) mass is 364 g/mol. The summed E-state index contributed by atoms with van der Waals surface area (Å²) in [6.07, 6.45) is 8.84. The predicted molar refractivity (Wildman–Crippen MR) is 110 cm³/mol. The highest BCUT2D eigenvalue weighted by Crippen LogP contribution is 2.28. The maximum absolute atomic E-state index is 12.4. The number of ether oxygens (including phenoxy) is 1. The summed E-state index contributed by atoms with van der Waals surface area (Å²) in [6, 6.07) is 15.0. The van der Waals surface area contributed by atoms with Crippen LogP contribution in [0.4, 0.5) is 5.82 Å². The summed E-state index contributed by atoms with van der Waals surface area (Å²) in [4.78, 5) is 18.0. The predicted octanol–water partition coefficient (Wildman–Crippen LogP) is 4.17. The molecule has 27 heavy (non-hydrogen) atoms. The molecule has 2 aliphatic heterocycles. The molecule has 1 aromatic heterocycles. The zero-order chi connectivity index (χ0) is 18.5. The number of hydrogen-bond donors (Lipinski definition) is 1. The molecule has 0 bridgehead atoms. The molecule has 4 nitrogen and oxygen atoms in total. The molecule has 2 aliphatic rings. The van der Waals surface area contributed by atoms with E-state index in [0.717, 1.165) is 43.8 Å². The normalized spacial score (nSPS) is 20.8. The first-order valence-electron chi connectivity index (χ1n) is 10.1. The Kier molecular flexibility index (Phi) is 5.73. The third-order valence-corrected chi connectivity index (χ3v) is 5.66. The van der Waals surface area contributed by atoms with Gasteiger partial charge in [0.25, 0.3) is 0 Å². The molecule has 3 heterocycles. The van der Waals surface area contributed by atoms with Crippen LogP contribution < -0.4 is 10.5 Å². The van der Waals surface area contributed by atoms with Gasteiger partial charge in [-0.15, -0.1) is 0 Å². The van der Waals surface area contributed by atoms with Gasteiger partial charge in [0.1, 0.15) is 5.82 Å². The van der Waals surface area contributed by atoms with Crippen molar-refractivity contribution < 1.29 is 4.74 Å². The van der Waals surface area contributed by atoms with Gasteiger partial charge in [-0.05, 0) is 48.4 Å². The van der Waals surface area contributed by atoms with Crippen molar-refractivity contribution in [3.05, 3.63) is 70.0 Å². The van der Waals surface area contributed by atoms with Crippen LogP contribution in [0.15, 0.2) is 53.3 Å². The Bertz CT molecular complexity index is 841. The number of aromatic nitrogens is 1. The van der Waals surface area contributed by atoms with Crippen LogP contribution in [0.25, 0.3) is 5.57 Å². The number of aromatic amines is 1. The fourth-order valence-corrected chi connectivity index (χ4v) is 4.25. The van der Waals surface area contributed by atoms with Gasteiger partial charge in [-0.25, -0.2) is 0 Å². The number of pyridine rings is 1. The highest BCUT2D eigenvalue weighted by atomic mass is 16.5. The first-order valence-corrected chi connectivity index (χ1v) is 10.1. The average molecular weight is 364 g/mol. The molecule has 1 saturated heterocycles. The van der Waals surface area contributed by atoms with Crippen molar-refractivity contribution in [3.8, 4) is 0 Å². The summed E-state index contributed by atoms with van der Waals surface area (Å²) >= 11 is 0. The molecular weight excluding hydrogens is 336 g/mol. The molecule has 1 N–H and O–H groups in total. The maximum atomic E-state index is 12.4. The molecule has 0 radical (unpaired) electrons. The van der Waals surface area contributed by atoms with E-state index in [1.807, 2.05) is 0 Å². The third kappa shape index (κ3) is 4.51. The van der Waals surface area contributed by atoms with Gasteiger partial charge in [0.05, 0.1) is 13.2 Å². The second kappa shape index (κ2) is 8.57. The lowest BCUT2D eigenvalue weighted by atomic mass is 9.99. The van der Waals surface area contributed by atoms with Gasteiger partial charge in [-0.3, -0.25) is 4.79 Å². The van der Waals surface area contributed by atoms with Gasteiger partial charge in [-0.1, -0.05) is 49.2 Å². The molecule has 0 spiro atoms. The van der Waals surface area contributed by atoms with E-state index in [1.54, 1.807) is 6.07 Å².